The molecule has 5 fully saturated rings. The highest BCUT2D eigenvalue weighted by molar-refractivity contribution is 5.99. The Labute approximate surface area is 338 Å². The second kappa shape index (κ2) is 14.8. The number of piperidine rings is 2. The number of nitrogens with two attached hydrogens (primary N) is 1. The number of hydrogen-bond acceptors (Lipinski definition) is 11. The van der Waals surface area contributed by atoms with Crippen LogP contribution in [0, 0.1) is 23.7 Å². The number of fused-ring (bicyclic) bond motifs is 4. The molecule has 304 valence electrons. The van der Waals surface area contributed by atoms with Gasteiger partial charge in [0.05, 0.1) is 24.2 Å². The number of anilines is 3. The maximum Gasteiger partial charge on any atom is 0.320 e. The molecular formula is C43H52N10O5. The van der Waals surface area contributed by atoms with Crippen molar-refractivity contribution in [3.8, 4) is 5.75 Å². The number of nitrogens with zero attached hydrogens (tertiary/aromatic N) is 6. The number of aromatic nitrogens is 2. The van der Waals surface area contributed by atoms with Gasteiger partial charge in [0, 0.05) is 76.1 Å². The van der Waals surface area contributed by atoms with Crippen molar-refractivity contribution in [2.45, 2.75) is 69.4 Å². The van der Waals surface area contributed by atoms with E-state index in [2.05, 4.69) is 67.3 Å². The van der Waals surface area contributed by atoms with Gasteiger partial charge in [-0.05, 0) is 91.9 Å². The van der Waals surface area contributed by atoms with Crippen molar-refractivity contribution < 1.29 is 24.0 Å². The Morgan fingerprint density at radius 3 is 2.53 bits per heavy atom. The fourth-order valence-electron chi connectivity index (χ4n) is 11.2. The summed E-state index contributed by atoms with van der Waals surface area (Å²) in [4.78, 5) is 73.3. The van der Waals surface area contributed by atoms with E-state index in [1.165, 1.54) is 29.5 Å². The Bertz CT molecular complexity index is 2130. The van der Waals surface area contributed by atoms with Crippen molar-refractivity contribution in [2.24, 2.45) is 29.4 Å². The number of likely N-dealkylation sites (N-methyl/N-ethyl adjacent to an activating group) is 1. The topological polar surface area (TPSA) is 178 Å². The molecule has 15 nitrogen and oxygen atoms in total. The van der Waals surface area contributed by atoms with Gasteiger partial charge in [-0.1, -0.05) is 24.3 Å². The van der Waals surface area contributed by atoms with Crippen LogP contribution in [0.3, 0.4) is 0 Å². The Balaban J connectivity index is 0.737. The summed E-state index contributed by atoms with van der Waals surface area (Å²) in [5, 5.41) is 5.82. The van der Waals surface area contributed by atoms with Crippen LogP contribution < -0.4 is 31.6 Å². The Morgan fingerprint density at radius 2 is 1.79 bits per heavy atom. The highest BCUT2D eigenvalue weighted by Gasteiger charge is 2.44. The molecule has 5 unspecified atom stereocenters. The van der Waals surface area contributed by atoms with Crippen LogP contribution in [0.15, 0.2) is 42.6 Å². The molecule has 3 aromatic rings. The molecule has 2 aliphatic carbocycles. The van der Waals surface area contributed by atoms with Crippen molar-refractivity contribution in [1.29, 1.82) is 0 Å². The quantitative estimate of drug-likeness (QED) is 0.234. The SMILES string of the molecule is CN1CCN([C@@H]2CCCN(c3cnc(C(N)=O)c(Nc4ccc(C5CC6CN(CC7Cc8ccc9c(c8C7)ONC9C7CCC(=O)NC7=O)C[C@H]6C5)cc4)n3)C2)C1=O. The second-order valence-corrected chi connectivity index (χ2v) is 17.7. The van der Waals surface area contributed by atoms with Gasteiger partial charge in [-0.25, -0.2) is 14.8 Å². The zero-order valence-electron chi connectivity index (χ0n) is 33.0. The lowest BCUT2D eigenvalue weighted by atomic mass is 9.86. The maximum atomic E-state index is 12.7. The molecule has 7 aliphatic rings. The summed E-state index contributed by atoms with van der Waals surface area (Å²) in [6, 6.07) is 12.8. The van der Waals surface area contributed by atoms with Crippen molar-refractivity contribution in [2.75, 3.05) is 63.1 Å². The van der Waals surface area contributed by atoms with Gasteiger partial charge in [-0.3, -0.25) is 19.7 Å². The lowest BCUT2D eigenvalue weighted by molar-refractivity contribution is -0.137. The van der Waals surface area contributed by atoms with E-state index in [0.717, 1.165) is 82.0 Å². The van der Waals surface area contributed by atoms with E-state index in [1.54, 1.807) is 11.1 Å². The molecule has 5 N–H and O–H groups in total. The van der Waals surface area contributed by atoms with E-state index >= 15 is 0 Å². The first-order valence-corrected chi connectivity index (χ1v) is 21.1. The summed E-state index contributed by atoms with van der Waals surface area (Å²) in [6.45, 7) is 6.29. The van der Waals surface area contributed by atoms with E-state index < -0.39 is 5.91 Å². The van der Waals surface area contributed by atoms with E-state index in [0.29, 0.717) is 54.7 Å². The number of imide groups is 1. The van der Waals surface area contributed by atoms with Crippen LogP contribution in [0.2, 0.25) is 0 Å². The first-order valence-electron chi connectivity index (χ1n) is 21.1. The summed E-state index contributed by atoms with van der Waals surface area (Å²) in [5.41, 5.74) is 14.8. The standard InChI is InChI=1S/C43H52N10O5/c1-50-13-14-53(43(50)57)31-3-2-12-52(23-31)35-19-45-38(40(44)55)41(47-35)46-30-7-4-25(5-8-30)27-17-28-21-51(22-29(28)18-27)20-24-15-26-6-9-32-37(49-58-39(32)34(26)16-24)33-10-11-36(54)48-42(33)56/h4-9,19,24,27-29,31,33,37,49H,2-3,10-18,20-23H2,1H3,(H2,44,55)(H,46,47)(H,48,54,56)/t24?,27?,28-,29?,31-,33?,37?/m1/s1. The molecule has 10 rings (SSSR count). The number of benzene rings is 2. The maximum absolute atomic E-state index is 12.7. The highest BCUT2D eigenvalue weighted by Crippen LogP contribution is 2.48. The van der Waals surface area contributed by atoms with Gasteiger partial charge in [0.2, 0.25) is 11.8 Å². The fraction of sp³-hybridized carbons (Fsp3) is 0.535. The molecule has 7 atom stereocenters. The minimum Gasteiger partial charge on any atom is -0.407 e. The average molecular weight is 789 g/mol. The number of primary amides is 1. The van der Waals surface area contributed by atoms with Crippen molar-refractivity contribution in [1.82, 2.24) is 35.5 Å². The van der Waals surface area contributed by atoms with Crippen LogP contribution >= 0.6 is 0 Å². The van der Waals surface area contributed by atoms with Gasteiger partial charge < -0.3 is 35.5 Å². The molecule has 15 heteroatoms. The number of amides is 5. The average Bonchev–Trinajstić information content (AvgIpc) is 4.05. The molecule has 2 aromatic carbocycles. The van der Waals surface area contributed by atoms with Crippen LogP contribution in [0.1, 0.15) is 83.2 Å². The van der Waals surface area contributed by atoms with E-state index in [1.807, 2.05) is 11.9 Å². The summed E-state index contributed by atoms with van der Waals surface area (Å²) >= 11 is 0. The molecule has 4 saturated heterocycles. The molecule has 1 saturated carbocycles. The monoisotopic (exact) mass is 788 g/mol. The number of carbonyl (C=O) groups excluding carboxylic acids is 4. The fourth-order valence-corrected chi connectivity index (χ4v) is 11.2. The number of rotatable bonds is 9. The Kier molecular flexibility index (Phi) is 9.47. The number of nitrogens with one attached hydrogen (secondary N) is 3. The van der Waals surface area contributed by atoms with E-state index in [4.69, 9.17) is 15.6 Å². The molecule has 0 bridgehead atoms. The van der Waals surface area contributed by atoms with Gasteiger partial charge in [0.1, 0.15) is 5.82 Å². The molecule has 58 heavy (non-hydrogen) atoms. The van der Waals surface area contributed by atoms with Gasteiger partial charge in [-0.2, -0.15) is 0 Å². The van der Waals surface area contributed by atoms with Crippen LogP contribution in [0.5, 0.6) is 5.75 Å². The predicted octanol–water partition coefficient (Wildman–Crippen LogP) is 3.49. The molecule has 1 aromatic heterocycles. The molecule has 0 spiro atoms. The third kappa shape index (κ3) is 6.81. The smallest absolute Gasteiger partial charge is 0.320 e. The number of urea groups is 1. The lowest BCUT2D eigenvalue weighted by Gasteiger charge is -2.37. The van der Waals surface area contributed by atoms with Crippen molar-refractivity contribution >= 4 is 41.1 Å². The largest absolute Gasteiger partial charge is 0.407 e. The molecule has 0 radical (unpaired) electrons. The normalized spacial score (nSPS) is 29.4. The molecule has 5 aliphatic heterocycles. The summed E-state index contributed by atoms with van der Waals surface area (Å²) in [6.07, 6.45) is 8.76. The number of likely N-dealkylation sites (tertiary alicyclic amines) is 1. The van der Waals surface area contributed by atoms with Gasteiger partial charge in [0.25, 0.3) is 5.91 Å². The minimum absolute atomic E-state index is 0.0738. The van der Waals surface area contributed by atoms with E-state index in [-0.39, 0.29) is 41.5 Å². The summed E-state index contributed by atoms with van der Waals surface area (Å²) in [5.74, 6) is 2.94. The Hall–Kier alpha value is -5.28. The highest BCUT2D eigenvalue weighted by atomic mass is 16.7. The zero-order valence-corrected chi connectivity index (χ0v) is 33.0. The summed E-state index contributed by atoms with van der Waals surface area (Å²) in [7, 11) is 1.84. The summed E-state index contributed by atoms with van der Waals surface area (Å²) < 4.78 is 0. The number of carbonyl (C=O) groups is 4. The first-order chi connectivity index (χ1) is 28.1. The number of hydroxylamine groups is 1. The zero-order chi connectivity index (χ0) is 39.7. The molecular weight excluding hydrogens is 737 g/mol. The van der Waals surface area contributed by atoms with Crippen molar-refractivity contribution in [3.63, 3.8) is 0 Å². The van der Waals surface area contributed by atoms with Gasteiger partial charge >= 0.3 is 6.03 Å². The van der Waals surface area contributed by atoms with Crippen molar-refractivity contribution in [3.05, 3.63) is 70.5 Å². The van der Waals surface area contributed by atoms with Crippen LogP contribution in [0.25, 0.3) is 0 Å². The van der Waals surface area contributed by atoms with E-state index in [9.17, 15) is 19.2 Å². The van der Waals surface area contributed by atoms with Gasteiger partial charge in [0.15, 0.2) is 17.3 Å². The van der Waals surface area contributed by atoms with Crippen LogP contribution in [-0.2, 0) is 22.4 Å². The molecule has 5 amide bonds. The predicted molar refractivity (Wildman–Crippen MR) is 215 cm³/mol. The third-order valence-corrected chi connectivity index (χ3v) is 14.1. The first kappa shape index (κ1) is 37.0. The number of hydrogen-bond donors (Lipinski definition) is 4. The minimum atomic E-state index is -0.639. The van der Waals surface area contributed by atoms with Crippen LogP contribution in [-0.4, -0.2) is 107 Å². The van der Waals surface area contributed by atoms with Crippen LogP contribution in [0.4, 0.5) is 22.1 Å². The molecule has 6 heterocycles. The Morgan fingerprint density at radius 1 is 0.983 bits per heavy atom. The second-order valence-electron chi connectivity index (χ2n) is 17.7. The van der Waals surface area contributed by atoms with Gasteiger partial charge in [-0.15, -0.1) is 5.48 Å². The lowest BCUT2D eigenvalue weighted by Crippen LogP contribution is -2.49. The third-order valence-electron chi connectivity index (χ3n) is 14.1.